The van der Waals surface area contributed by atoms with Crippen LogP contribution < -0.4 is 5.32 Å². The van der Waals surface area contributed by atoms with Gasteiger partial charge in [0.15, 0.2) is 0 Å². The van der Waals surface area contributed by atoms with Gasteiger partial charge in [-0.25, -0.2) is 4.98 Å². The van der Waals surface area contributed by atoms with E-state index >= 15 is 0 Å². The van der Waals surface area contributed by atoms with Crippen LogP contribution in [-0.2, 0) is 17.8 Å². The van der Waals surface area contributed by atoms with Crippen molar-refractivity contribution in [3.63, 3.8) is 0 Å². The molecule has 3 heterocycles. The van der Waals surface area contributed by atoms with E-state index in [-0.39, 0.29) is 11.9 Å². The molecule has 4 rings (SSSR count). The number of imidazole rings is 1. The second-order valence-electron chi connectivity index (χ2n) is 7.10. The standard InChI is InChI=1S/C19H23ClN4O/c1-13-21-6-9-24(13)12-14-4-7-23(8-5-14)19(25)18-11-15-10-16(20)2-3-17(15)22-18/h2-3,6,9-10,14,18,22H,4-5,7-8,11-12H2,1H3/t18-/m0/s1. The van der Waals surface area contributed by atoms with Crippen LogP contribution in [-0.4, -0.2) is 39.5 Å². The highest BCUT2D eigenvalue weighted by Crippen LogP contribution is 2.30. The minimum absolute atomic E-state index is 0.152. The maximum atomic E-state index is 12.8. The molecule has 1 aromatic carbocycles. The Morgan fingerprint density at radius 1 is 1.36 bits per heavy atom. The summed E-state index contributed by atoms with van der Waals surface area (Å²) in [4.78, 5) is 19.1. The Labute approximate surface area is 153 Å². The van der Waals surface area contributed by atoms with E-state index in [1.165, 1.54) is 0 Å². The molecule has 1 saturated heterocycles. The van der Waals surface area contributed by atoms with E-state index in [0.717, 1.165) is 61.0 Å². The fraction of sp³-hybridized carbons (Fsp3) is 0.474. The lowest BCUT2D eigenvalue weighted by atomic mass is 9.96. The van der Waals surface area contributed by atoms with Gasteiger partial charge >= 0.3 is 0 Å². The van der Waals surface area contributed by atoms with E-state index in [0.29, 0.717) is 5.92 Å². The van der Waals surface area contributed by atoms with Gasteiger partial charge in [-0.2, -0.15) is 0 Å². The van der Waals surface area contributed by atoms with Gasteiger partial charge in [0.2, 0.25) is 5.91 Å². The van der Waals surface area contributed by atoms with Crippen molar-refractivity contribution >= 4 is 23.2 Å². The third-order valence-corrected chi connectivity index (χ3v) is 5.66. The Morgan fingerprint density at radius 3 is 2.88 bits per heavy atom. The highest BCUT2D eigenvalue weighted by molar-refractivity contribution is 6.30. The molecular weight excluding hydrogens is 336 g/mol. The number of likely N-dealkylation sites (tertiary alicyclic amines) is 1. The average molecular weight is 359 g/mol. The molecule has 25 heavy (non-hydrogen) atoms. The van der Waals surface area contributed by atoms with Crippen molar-refractivity contribution in [1.29, 1.82) is 0 Å². The molecule has 5 nitrogen and oxygen atoms in total. The number of anilines is 1. The summed E-state index contributed by atoms with van der Waals surface area (Å²) in [5, 5.41) is 4.08. The van der Waals surface area contributed by atoms with Gasteiger partial charge in [-0.1, -0.05) is 11.6 Å². The van der Waals surface area contributed by atoms with Crippen LogP contribution in [0.2, 0.25) is 5.02 Å². The number of hydrogen-bond donors (Lipinski definition) is 1. The number of amides is 1. The zero-order valence-corrected chi connectivity index (χ0v) is 15.2. The molecule has 6 heteroatoms. The lowest BCUT2D eigenvalue weighted by molar-refractivity contribution is -0.133. The number of aryl methyl sites for hydroxylation is 1. The Hall–Kier alpha value is -2.01. The van der Waals surface area contributed by atoms with E-state index in [9.17, 15) is 4.79 Å². The van der Waals surface area contributed by atoms with Crippen molar-refractivity contribution in [3.8, 4) is 0 Å². The van der Waals surface area contributed by atoms with Crippen LogP contribution in [0.3, 0.4) is 0 Å². The number of carbonyl (C=O) groups excluding carboxylic acids is 1. The number of benzene rings is 1. The lowest BCUT2D eigenvalue weighted by Gasteiger charge is -2.34. The lowest BCUT2D eigenvalue weighted by Crippen LogP contribution is -2.46. The average Bonchev–Trinajstić information content (AvgIpc) is 3.21. The Morgan fingerprint density at radius 2 is 2.16 bits per heavy atom. The van der Waals surface area contributed by atoms with Crippen LogP contribution in [0.1, 0.15) is 24.2 Å². The van der Waals surface area contributed by atoms with Gasteiger partial charge in [-0.3, -0.25) is 4.79 Å². The molecule has 0 aliphatic carbocycles. The largest absolute Gasteiger partial charge is 0.373 e. The fourth-order valence-electron chi connectivity index (χ4n) is 3.91. The number of hydrogen-bond acceptors (Lipinski definition) is 3. The summed E-state index contributed by atoms with van der Waals surface area (Å²) in [5.41, 5.74) is 2.17. The number of piperidine rings is 1. The van der Waals surface area contributed by atoms with Gasteiger partial charge < -0.3 is 14.8 Å². The molecule has 0 bridgehead atoms. The number of nitrogens with one attached hydrogen (secondary N) is 1. The number of nitrogens with zero attached hydrogens (tertiary/aromatic N) is 3. The molecule has 1 amide bonds. The number of halogens is 1. The zero-order valence-electron chi connectivity index (χ0n) is 14.4. The highest BCUT2D eigenvalue weighted by atomic mass is 35.5. The molecule has 0 unspecified atom stereocenters. The molecular formula is C19H23ClN4O. The minimum Gasteiger partial charge on any atom is -0.373 e. The summed E-state index contributed by atoms with van der Waals surface area (Å²) in [5.74, 6) is 1.89. The van der Waals surface area contributed by atoms with Crippen LogP contribution in [0.5, 0.6) is 0 Å². The van der Waals surface area contributed by atoms with Crippen LogP contribution in [0.25, 0.3) is 0 Å². The van der Waals surface area contributed by atoms with Crippen LogP contribution >= 0.6 is 11.6 Å². The third-order valence-electron chi connectivity index (χ3n) is 5.42. The number of rotatable bonds is 3. The summed E-state index contributed by atoms with van der Waals surface area (Å²) in [7, 11) is 0. The molecule has 1 fully saturated rings. The molecule has 1 N–H and O–H groups in total. The summed E-state index contributed by atoms with van der Waals surface area (Å²) in [6.45, 7) is 4.72. The van der Waals surface area contributed by atoms with E-state index in [1.54, 1.807) is 0 Å². The molecule has 2 aliphatic rings. The number of aromatic nitrogens is 2. The smallest absolute Gasteiger partial charge is 0.245 e. The molecule has 1 atom stereocenters. The van der Waals surface area contributed by atoms with Crippen molar-refractivity contribution in [2.24, 2.45) is 5.92 Å². The quantitative estimate of drug-likeness (QED) is 0.917. The monoisotopic (exact) mass is 358 g/mol. The van der Waals surface area contributed by atoms with Gasteiger partial charge in [-0.15, -0.1) is 0 Å². The van der Waals surface area contributed by atoms with Crippen molar-refractivity contribution in [1.82, 2.24) is 14.5 Å². The van der Waals surface area contributed by atoms with Crippen molar-refractivity contribution in [2.75, 3.05) is 18.4 Å². The van der Waals surface area contributed by atoms with Gasteiger partial charge in [0, 0.05) is 49.2 Å². The molecule has 1 aromatic heterocycles. The molecule has 2 aliphatic heterocycles. The number of fused-ring (bicyclic) bond motifs is 1. The molecule has 0 radical (unpaired) electrons. The number of carbonyl (C=O) groups is 1. The predicted octanol–water partition coefficient (Wildman–Crippen LogP) is 3.12. The molecule has 132 valence electrons. The molecule has 0 spiro atoms. The predicted molar refractivity (Wildman–Crippen MR) is 98.8 cm³/mol. The first-order valence-corrected chi connectivity index (χ1v) is 9.29. The summed E-state index contributed by atoms with van der Waals surface area (Å²) < 4.78 is 2.21. The SMILES string of the molecule is Cc1nccn1CC1CCN(C(=O)[C@@H]2Cc3cc(Cl)ccc3N2)CC1. The topological polar surface area (TPSA) is 50.2 Å². The summed E-state index contributed by atoms with van der Waals surface area (Å²) in [6, 6.07) is 5.63. The van der Waals surface area contributed by atoms with Crippen LogP contribution in [0.4, 0.5) is 5.69 Å². The first-order chi connectivity index (χ1) is 12.1. The maximum absolute atomic E-state index is 12.8. The third kappa shape index (κ3) is 3.38. The van der Waals surface area contributed by atoms with E-state index < -0.39 is 0 Å². The van der Waals surface area contributed by atoms with Gasteiger partial charge in [0.1, 0.15) is 11.9 Å². The van der Waals surface area contributed by atoms with Gasteiger partial charge in [-0.05, 0) is 49.4 Å². The van der Waals surface area contributed by atoms with Crippen molar-refractivity contribution < 1.29 is 4.79 Å². The Kier molecular flexibility index (Phi) is 4.42. The molecule has 0 saturated carbocycles. The normalized spacial score (nSPS) is 20.4. The second-order valence-corrected chi connectivity index (χ2v) is 7.53. The summed E-state index contributed by atoms with van der Waals surface area (Å²) in [6.07, 6.45) is 6.72. The Balaban J connectivity index is 1.32. The van der Waals surface area contributed by atoms with E-state index in [1.807, 2.05) is 42.4 Å². The van der Waals surface area contributed by atoms with Crippen molar-refractivity contribution in [3.05, 3.63) is 47.0 Å². The van der Waals surface area contributed by atoms with Crippen LogP contribution in [0.15, 0.2) is 30.6 Å². The first kappa shape index (κ1) is 16.5. The second kappa shape index (κ2) is 6.71. The highest BCUT2D eigenvalue weighted by Gasteiger charge is 2.32. The minimum atomic E-state index is -0.152. The van der Waals surface area contributed by atoms with E-state index in [4.69, 9.17) is 11.6 Å². The Bertz CT molecular complexity index is 779. The maximum Gasteiger partial charge on any atom is 0.245 e. The van der Waals surface area contributed by atoms with E-state index in [2.05, 4.69) is 14.9 Å². The van der Waals surface area contributed by atoms with Gasteiger partial charge in [0.05, 0.1) is 0 Å². The van der Waals surface area contributed by atoms with Crippen LogP contribution in [0, 0.1) is 12.8 Å². The van der Waals surface area contributed by atoms with Crippen molar-refractivity contribution in [2.45, 2.75) is 38.8 Å². The zero-order chi connectivity index (χ0) is 17.4. The molecule has 2 aromatic rings. The fourth-order valence-corrected chi connectivity index (χ4v) is 4.11. The first-order valence-electron chi connectivity index (χ1n) is 8.91. The van der Waals surface area contributed by atoms with Gasteiger partial charge in [0.25, 0.3) is 0 Å². The summed E-state index contributed by atoms with van der Waals surface area (Å²) >= 11 is 6.06.